The molecule has 6 heteroatoms. The number of carbonyl (C=O) groups excluding carboxylic acids is 2. The highest BCUT2D eigenvalue weighted by Crippen LogP contribution is 2.22. The summed E-state index contributed by atoms with van der Waals surface area (Å²) >= 11 is 0. The zero-order valence-electron chi connectivity index (χ0n) is 16.1. The lowest BCUT2D eigenvalue weighted by Crippen LogP contribution is -2.40. The van der Waals surface area contributed by atoms with Crippen molar-refractivity contribution in [2.45, 2.75) is 39.2 Å². The van der Waals surface area contributed by atoms with Gasteiger partial charge in [-0.2, -0.15) is 0 Å². The molecule has 2 aromatic rings. The Morgan fingerprint density at radius 3 is 2.30 bits per heavy atom. The average molecular weight is 366 g/mol. The number of amides is 2. The molecule has 3 rings (SSSR count). The van der Waals surface area contributed by atoms with Gasteiger partial charge in [-0.15, -0.1) is 0 Å². The number of aromatic nitrogens is 1. The second-order valence-corrected chi connectivity index (χ2v) is 7.83. The highest BCUT2D eigenvalue weighted by atomic mass is 16.2. The maximum atomic E-state index is 12.5. The van der Waals surface area contributed by atoms with Gasteiger partial charge in [0.25, 0.3) is 11.8 Å². The number of hydrogen-bond acceptors (Lipinski definition) is 4. The number of benzene rings is 1. The van der Waals surface area contributed by atoms with Gasteiger partial charge in [-0.25, -0.2) is 0 Å². The summed E-state index contributed by atoms with van der Waals surface area (Å²) in [5, 5.41) is 5.72. The van der Waals surface area contributed by atoms with Crippen LogP contribution in [0.2, 0.25) is 0 Å². The Balaban J connectivity index is 1.67. The van der Waals surface area contributed by atoms with Crippen LogP contribution in [0.5, 0.6) is 0 Å². The van der Waals surface area contributed by atoms with Crippen LogP contribution in [0, 0.1) is 0 Å². The monoisotopic (exact) mass is 366 g/mol. The number of pyridine rings is 1. The van der Waals surface area contributed by atoms with Gasteiger partial charge in [-0.05, 0) is 70.0 Å². The summed E-state index contributed by atoms with van der Waals surface area (Å²) in [5.41, 5.74) is 2.15. The number of hydrogen-bond donors (Lipinski definition) is 2. The predicted octanol–water partition coefficient (Wildman–Crippen LogP) is 3.46. The van der Waals surface area contributed by atoms with Crippen LogP contribution in [0.3, 0.4) is 0 Å². The number of carbonyl (C=O) groups is 2. The number of rotatable bonds is 4. The first kappa shape index (κ1) is 18.9. The van der Waals surface area contributed by atoms with Crippen molar-refractivity contribution in [3.05, 3.63) is 53.9 Å². The lowest BCUT2D eigenvalue weighted by Gasteiger charge is -2.20. The molecule has 2 N–H and O–H groups in total. The van der Waals surface area contributed by atoms with E-state index in [9.17, 15) is 9.59 Å². The van der Waals surface area contributed by atoms with Crippen LogP contribution in [-0.2, 0) is 0 Å². The van der Waals surface area contributed by atoms with Crippen LogP contribution in [0.4, 0.5) is 11.4 Å². The summed E-state index contributed by atoms with van der Waals surface area (Å²) in [4.78, 5) is 31.2. The Kier molecular flexibility index (Phi) is 5.44. The Morgan fingerprint density at radius 2 is 1.67 bits per heavy atom. The van der Waals surface area contributed by atoms with Crippen molar-refractivity contribution in [2.24, 2.45) is 0 Å². The molecule has 1 aromatic carbocycles. The van der Waals surface area contributed by atoms with Gasteiger partial charge in [0.05, 0.1) is 0 Å². The van der Waals surface area contributed by atoms with Crippen molar-refractivity contribution < 1.29 is 9.59 Å². The van der Waals surface area contributed by atoms with Gasteiger partial charge in [-0.1, -0.05) is 0 Å². The van der Waals surface area contributed by atoms with E-state index in [4.69, 9.17) is 0 Å². The molecule has 142 valence electrons. The minimum atomic E-state index is -0.347. The number of nitrogens with zero attached hydrogens (tertiary/aromatic N) is 2. The van der Waals surface area contributed by atoms with Gasteiger partial charge in [0.15, 0.2) is 0 Å². The molecule has 0 atom stereocenters. The van der Waals surface area contributed by atoms with Crippen molar-refractivity contribution in [2.75, 3.05) is 23.3 Å². The fourth-order valence-corrected chi connectivity index (χ4v) is 3.03. The summed E-state index contributed by atoms with van der Waals surface area (Å²) in [6.45, 7) is 7.89. The van der Waals surface area contributed by atoms with E-state index in [1.54, 1.807) is 6.07 Å². The molecule has 0 unspecified atom stereocenters. The summed E-state index contributed by atoms with van der Waals surface area (Å²) in [5.74, 6) is -0.566. The lowest BCUT2D eigenvalue weighted by atomic mass is 10.1. The lowest BCUT2D eigenvalue weighted by molar-refractivity contribution is 0.0919. The fraction of sp³-hybridized carbons (Fsp3) is 0.381. The van der Waals surface area contributed by atoms with Crippen LogP contribution in [-0.4, -0.2) is 35.4 Å². The van der Waals surface area contributed by atoms with E-state index in [1.165, 1.54) is 30.8 Å². The summed E-state index contributed by atoms with van der Waals surface area (Å²) in [6, 6.07) is 10.9. The van der Waals surface area contributed by atoms with E-state index < -0.39 is 0 Å². The Bertz CT molecular complexity index is 819. The first-order valence-electron chi connectivity index (χ1n) is 9.27. The molecule has 0 aliphatic carbocycles. The standard InChI is InChI=1S/C21H26N4O2/c1-21(2,3)24-19(26)15-10-11-22-18(14-15)20(27)23-16-6-8-17(9-7-16)25-12-4-5-13-25/h6-11,14H,4-5,12-13H2,1-3H3,(H,23,27)(H,24,26). The third-order valence-corrected chi connectivity index (χ3v) is 4.34. The SMILES string of the molecule is CC(C)(C)NC(=O)c1ccnc(C(=O)Nc2ccc(N3CCCC3)cc2)c1. The fourth-order valence-electron chi connectivity index (χ4n) is 3.03. The second-order valence-electron chi connectivity index (χ2n) is 7.83. The smallest absolute Gasteiger partial charge is 0.274 e. The number of nitrogens with one attached hydrogen (secondary N) is 2. The minimum Gasteiger partial charge on any atom is -0.372 e. The molecule has 1 aliphatic rings. The molecule has 0 spiro atoms. The molecule has 1 fully saturated rings. The molecule has 0 radical (unpaired) electrons. The van der Waals surface area contributed by atoms with E-state index in [2.05, 4.69) is 20.5 Å². The highest BCUT2D eigenvalue weighted by Gasteiger charge is 2.17. The van der Waals surface area contributed by atoms with Crippen LogP contribution in [0.25, 0.3) is 0 Å². The number of anilines is 2. The summed E-state index contributed by atoms with van der Waals surface area (Å²) in [7, 11) is 0. The van der Waals surface area contributed by atoms with Gasteiger partial charge in [-0.3, -0.25) is 14.6 Å². The molecular formula is C21H26N4O2. The van der Waals surface area contributed by atoms with Crippen molar-refractivity contribution in [1.82, 2.24) is 10.3 Å². The Morgan fingerprint density at radius 1 is 1.00 bits per heavy atom. The summed E-state index contributed by atoms with van der Waals surface area (Å²) < 4.78 is 0. The first-order chi connectivity index (χ1) is 12.8. The third-order valence-electron chi connectivity index (χ3n) is 4.34. The van der Waals surface area contributed by atoms with Gasteiger partial charge >= 0.3 is 0 Å². The van der Waals surface area contributed by atoms with Gasteiger partial charge in [0.1, 0.15) is 5.69 Å². The predicted molar refractivity (Wildman–Crippen MR) is 107 cm³/mol. The largest absolute Gasteiger partial charge is 0.372 e. The van der Waals surface area contributed by atoms with E-state index in [-0.39, 0.29) is 23.0 Å². The van der Waals surface area contributed by atoms with E-state index in [0.717, 1.165) is 13.1 Å². The zero-order valence-corrected chi connectivity index (χ0v) is 16.1. The normalized spacial score (nSPS) is 14.1. The Hall–Kier alpha value is -2.89. The molecule has 2 heterocycles. The van der Waals surface area contributed by atoms with Gasteiger partial charge < -0.3 is 15.5 Å². The maximum absolute atomic E-state index is 12.5. The van der Waals surface area contributed by atoms with Crippen LogP contribution >= 0.6 is 0 Å². The maximum Gasteiger partial charge on any atom is 0.274 e. The van der Waals surface area contributed by atoms with Crippen molar-refractivity contribution in [3.8, 4) is 0 Å². The minimum absolute atomic E-state index is 0.208. The van der Waals surface area contributed by atoms with Crippen molar-refractivity contribution >= 4 is 23.2 Å². The quantitative estimate of drug-likeness (QED) is 0.869. The molecule has 0 bridgehead atoms. The molecule has 6 nitrogen and oxygen atoms in total. The van der Waals surface area contributed by atoms with E-state index >= 15 is 0 Å². The van der Waals surface area contributed by atoms with Crippen LogP contribution < -0.4 is 15.5 Å². The summed E-state index contributed by atoms with van der Waals surface area (Å²) in [6.07, 6.45) is 3.93. The molecular weight excluding hydrogens is 340 g/mol. The van der Waals surface area contributed by atoms with E-state index in [1.807, 2.05) is 45.0 Å². The van der Waals surface area contributed by atoms with Crippen LogP contribution in [0.15, 0.2) is 42.6 Å². The molecule has 1 aromatic heterocycles. The average Bonchev–Trinajstić information content (AvgIpc) is 3.16. The molecule has 1 aliphatic heterocycles. The highest BCUT2D eigenvalue weighted by molar-refractivity contribution is 6.04. The molecule has 0 saturated carbocycles. The molecule has 2 amide bonds. The van der Waals surface area contributed by atoms with E-state index in [0.29, 0.717) is 11.3 Å². The van der Waals surface area contributed by atoms with Crippen molar-refractivity contribution in [1.29, 1.82) is 0 Å². The molecule has 1 saturated heterocycles. The van der Waals surface area contributed by atoms with Gasteiger partial charge in [0, 0.05) is 41.8 Å². The zero-order chi connectivity index (χ0) is 19.4. The Labute approximate surface area is 160 Å². The van der Waals surface area contributed by atoms with Crippen LogP contribution in [0.1, 0.15) is 54.5 Å². The first-order valence-corrected chi connectivity index (χ1v) is 9.27. The van der Waals surface area contributed by atoms with Crippen molar-refractivity contribution in [3.63, 3.8) is 0 Å². The third kappa shape index (κ3) is 5.06. The molecule has 27 heavy (non-hydrogen) atoms. The topological polar surface area (TPSA) is 74.3 Å². The second kappa shape index (κ2) is 7.78. The van der Waals surface area contributed by atoms with Gasteiger partial charge in [0.2, 0.25) is 0 Å².